The second-order valence-electron chi connectivity index (χ2n) is 6.98. The summed E-state index contributed by atoms with van der Waals surface area (Å²) in [7, 11) is 2.26. The van der Waals surface area contributed by atoms with Crippen molar-refractivity contribution in [1.82, 2.24) is 10.2 Å². The summed E-state index contributed by atoms with van der Waals surface area (Å²) in [6.45, 7) is 8.69. The highest BCUT2D eigenvalue weighted by Gasteiger charge is 2.35. The van der Waals surface area contributed by atoms with Gasteiger partial charge in [-0.25, -0.2) is 0 Å². The molecule has 0 bridgehead atoms. The Morgan fingerprint density at radius 3 is 2.50 bits per heavy atom. The molecule has 2 fully saturated rings. The fourth-order valence-electron chi connectivity index (χ4n) is 3.80. The van der Waals surface area contributed by atoms with E-state index in [1.54, 1.807) is 0 Å². The van der Waals surface area contributed by atoms with E-state index in [0.717, 1.165) is 11.8 Å². The molecule has 0 saturated carbocycles. The predicted octanol–water partition coefficient (Wildman–Crippen LogP) is 3.28. The summed E-state index contributed by atoms with van der Waals surface area (Å²) in [5.41, 5.74) is 0.460. The fraction of sp³-hybridized carbons (Fsp3) is 1.00. The first kappa shape index (κ1) is 14.3. The van der Waals surface area contributed by atoms with E-state index in [0.29, 0.717) is 5.54 Å². The van der Waals surface area contributed by atoms with E-state index in [4.69, 9.17) is 0 Å². The summed E-state index contributed by atoms with van der Waals surface area (Å²) in [6.07, 6.45) is 9.89. The number of likely N-dealkylation sites (tertiary alicyclic amines) is 1. The minimum Gasteiger partial charge on any atom is -0.311 e. The quantitative estimate of drug-likeness (QED) is 0.826. The van der Waals surface area contributed by atoms with Crippen LogP contribution in [0.2, 0.25) is 0 Å². The Kier molecular flexibility index (Phi) is 5.08. The van der Waals surface area contributed by atoms with Gasteiger partial charge in [0.1, 0.15) is 0 Å². The average Bonchev–Trinajstić information content (AvgIpc) is 2.39. The van der Waals surface area contributed by atoms with Gasteiger partial charge in [-0.05, 0) is 77.0 Å². The molecule has 2 rings (SSSR count). The smallest absolute Gasteiger partial charge is 0.0204 e. The van der Waals surface area contributed by atoms with Gasteiger partial charge in [0.15, 0.2) is 0 Å². The highest BCUT2D eigenvalue weighted by atomic mass is 15.1. The van der Waals surface area contributed by atoms with Crippen LogP contribution in [-0.2, 0) is 0 Å². The van der Waals surface area contributed by atoms with Gasteiger partial charge in [-0.15, -0.1) is 0 Å². The molecule has 1 atom stereocenters. The van der Waals surface area contributed by atoms with Crippen LogP contribution in [0.5, 0.6) is 0 Å². The van der Waals surface area contributed by atoms with Gasteiger partial charge in [-0.3, -0.25) is 0 Å². The summed E-state index contributed by atoms with van der Waals surface area (Å²) >= 11 is 0. The van der Waals surface area contributed by atoms with Crippen molar-refractivity contribution in [1.29, 1.82) is 0 Å². The van der Waals surface area contributed by atoms with Crippen molar-refractivity contribution < 1.29 is 0 Å². The molecule has 2 saturated heterocycles. The van der Waals surface area contributed by atoms with Gasteiger partial charge in [0.25, 0.3) is 0 Å². The van der Waals surface area contributed by atoms with Crippen molar-refractivity contribution in [2.75, 3.05) is 26.7 Å². The van der Waals surface area contributed by atoms with Crippen LogP contribution >= 0.6 is 0 Å². The molecule has 18 heavy (non-hydrogen) atoms. The molecule has 106 valence electrons. The second kappa shape index (κ2) is 6.38. The Balaban J connectivity index is 1.82. The highest BCUT2D eigenvalue weighted by molar-refractivity contribution is 4.94. The first-order valence-electron chi connectivity index (χ1n) is 8.06. The number of hydrogen-bond donors (Lipinski definition) is 1. The first-order valence-corrected chi connectivity index (χ1v) is 8.06. The summed E-state index contributed by atoms with van der Waals surface area (Å²) in [4.78, 5) is 2.48. The third-order valence-corrected chi connectivity index (χ3v) is 5.47. The summed E-state index contributed by atoms with van der Waals surface area (Å²) in [5.74, 6) is 1.77. The maximum atomic E-state index is 3.87. The Morgan fingerprint density at radius 2 is 1.94 bits per heavy atom. The third kappa shape index (κ3) is 3.48. The molecule has 2 heteroatoms. The Hall–Kier alpha value is -0.0800. The summed E-state index contributed by atoms with van der Waals surface area (Å²) in [5, 5.41) is 3.87. The van der Waals surface area contributed by atoms with Crippen LogP contribution in [0.3, 0.4) is 0 Å². The average molecular weight is 252 g/mol. The number of nitrogens with one attached hydrogen (secondary N) is 1. The van der Waals surface area contributed by atoms with E-state index in [9.17, 15) is 0 Å². The lowest BCUT2D eigenvalue weighted by molar-refractivity contribution is 0.140. The molecular formula is C16H32N2. The molecule has 2 aliphatic rings. The van der Waals surface area contributed by atoms with E-state index in [-0.39, 0.29) is 0 Å². The zero-order valence-corrected chi connectivity index (χ0v) is 12.7. The van der Waals surface area contributed by atoms with Crippen LogP contribution < -0.4 is 5.32 Å². The van der Waals surface area contributed by atoms with Crippen LogP contribution in [0.15, 0.2) is 0 Å². The van der Waals surface area contributed by atoms with Gasteiger partial charge >= 0.3 is 0 Å². The highest BCUT2D eigenvalue weighted by Crippen LogP contribution is 2.34. The van der Waals surface area contributed by atoms with Gasteiger partial charge < -0.3 is 10.2 Å². The fourth-order valence-corrected chi connectivity index (χ4v) is 3.80. The van der Waals surface area contributed by atoms with Crippen molar-refractivity contribution in [3.8, 4) is 0 Å². The SMILES string of the molecule is CC(C)C1(CCC2CCN(C)CC2)CCCCN1. The van der Waals surface area contributed by atoms with Crippen LogP contribution in [0.4, 0.5) is 0 Å². The van der Waals surface area contributed by atoms with Crippen LogP contribution in [0.25, 0.3) is 0 Å². The maximum Gasteiger partial charge on any atom is 0.0204 e. The predicted molar refractivity (Wildman–Crippen MR) is 78.9 cm³/mol. The van der Waals surface area contributed by atoms with Crippen LogP contribution in [0, 0.1) is 11.8 Å². The monoisotopic (exact) mass is 252 g/mol. The second-order valence-corrected chi connectivity index (χ2v) is 6.98. The van der Waals surface area contributed by atoms with E-state index in [1.165, 1.54) is 64.6 Å². The topological polar surface area (TPSA) is 15.3 Å². The molecule has 2 heterocycles. The summed E-state index contributed by atoms with van der Waals surface area (Å²) in [6, 6.07) is 0. The van der Waals surface area contributed by atoms with Crippen molar-refractivity contribution in [3.05, 3.63) is 0 Å². The zero-order chi connectivity index (χ0) is 13.0. The maximum absolute atomic E-state index is 3.87. The molecular weight excluding hydrogens is 220 g/mol. The molecule has 1 unspecified atom stereocenters. The van der Waals surface area contributed by atoms with E-state index >= 15 is 0 Å². The molecule has 0 spiro atoms. The zero-order valence-electron chi connectivity index (χ0n) is 12.7. The molecule has 0 aromatic carbocycles. The standard InChI is InChI=1S/C16H32N2/c1-14(2)16(9-4-5-11-17-16)10-6-15-7-12-18(3)13-8-15/h14-15,17H,4-13H2,1-3H3. The van der Waals surface area contributed by atoms with E-state index in [2.05, 4.69) is 31.1 Å². The molecule has 0 aliphatic carbocycles. The molecule has 0 radical (unpaired) electrons. The normalized spacial score (nSPS) is 32.0. The largest absolute Gasteiger partial charge is 0.311 e. The number of hydrogen-bond acceptors (Lipinski definition) is 2. The van der Waals surface area contributed by atoms with Crippen LogP contribution in [0.1, 0.15) is 58.8 Å². The molecule has 2 nitrogen and oxygen atoms in total. The lowest BCUT2D eigenvalue weighted by Crippen LogP contribution is -2.52. The molecule has 2 aliphatic heterocycles. The molecule has 0 aromatic rings. The van der Waals surface area contributed by atoms with Crippen LogP contribution in [-0.4, -0.2) is 37.1 Å². The first-order chi connectivity index (χ1) is 8.62. The van der Waals surface area contributed by atoms with E-state index in [1.807, 2.05) is 0 Å². The van der Waals surface area contributed by atoms with Gasteiger partial charge in [0.05, 0.1) is 0 Å². The third-order valence-electron chi connectivity index (χ3n) is 5.47. The lowest BCUT2D eigenvalue weighted by Gasteiger charge is -2.43. The molecule has 0 amide bonds. The van der Waals surface area contributed by atoms with Crippen molar-refractivity contribution >= 4 is 0 Å². The van der Waals surface area contributed by atoms with Gasteiger partial charge in [-0.2, -0.15) is 0 Å². The Labute approximate surface area is 114 Å². The number of nitrogens with zero attached hydrogens (tertiary/aromatic N) is 1. The lowest BCUT2D eigenvalue weighted by atomic mass is 9.74. The van der Waals surface area contributed by atoms with Gasteiger partial charge in [0.2, 0.25) is 0 Å². The van der Waals surface area contributed by atoms with Gasteiger partial charge in [-0.1, -0.05) is 20.3 Å². The molecule has 0 aromatic heterocycles. The molecule has 1 N–H and O–H groups in total. The van der Waals surface area contributed by atoms with Crippen molar-refractivity contribution in [3.63, 3.8) is 0 Å². The van der Waals surface area contributed by atoms with E-state index < -0.39 is 0 Å². The number of rotatable bonds is 4. The summed E-state index contributed by atoms with van der Waals surface area (Å²) < 4.78 is 0. The Morgan fingerprint density at radius 1 is 1.22 bits per heavy atom. The van der Waals surface area contributed by atoms with Crippen molar-refractivity contribution in [2.45, 2.75) is 64.3 Å². The van der Waals surface area contributed by atoms with Gasteiger partial charge in [0, 0.05) is 5.54 Å². The minimum atomic E-state index is 0.460. The minimum absolute atomic E-state index is 0.460. The Bertz CT molecular complexity index is 235. The van der Waals surface area contributed by atoms with Crippen molar-refractivity contribution in [2.24, 2.45) is 11.8 Å². The number of piperidine rings is 2.